The molecule has 0 aliphatic rings. The average Bonchev–Trinajstić information content (AvgIpc) is 2.71. The van der Waals surface area contributed by atoms with Crippen molar-refractivity contribution in [3.8, 4) is 0 Å². The number of carbonyl (C=O) groups excluding carboxylic acids is 1. The van der Waals surface area contributed by atoms with Crippen molar-refractivity contribution in [2.45, 2.75) is 25.3 Å². The van der Waals surface area contributed by atoms with Crippen LogP contribution >= 0.6 is 0 Å². The molecule has 3 aromatic carbocycles. The molecule has 0 aromatic heterocycles. The van der Waals surface area contributed by atoms with Crippen LogP contribution in [-0.4, -0.2) is 26.3 Å². The molecule has 5 nitrogen and oxygen atoms in total. The number of rotatable bonds is 6. The van der Waals surface area contributed by atoms with Gasteiger partial charge in [0.15, 0.2) is 0 Å². The van der Waals surface area contributed by atoms with Gasteiger partial charge in [-0.2, -0.15) is 0 Å². The number of aryl methyl sites for hydroxylation is 2. The number of anilines is 1. The zero-order valence-electron chi connectivity index (χ0n) is 17.3. The van der Waals surface area contributed by atoms with E-state index >= 15 is 0 Å². The number of benzene rings is 3. The van der Waals surface area contributed by atoms with E-state index in [-0.39, 0.29) is 22.9 Å². The molecule has 0 unspecified atom stereocenters. The maximum atomic E-state index is 13.8. The predicted octanol–water partition coefficient (Wildman–Crippen LogP) is 4.65. The Kier molecular flexibility index (Phi) is 6.40. The van der Waals surface area contributed by atoms with E-state index in [1.54, 1.807) is 19.1 Å². The van der Waals surface area contributed by atoms with Gasteiger partial charge in [-0.05, 0) is 61.4 Å². The number of amides is 1. The summed E-state index contributed by atoms with van der Waals surface area (Å²) >= 11 is 0. The molecule has 0 heterocycles. The fourth-order valence-corrected chi connectivity index (χ4v) is 4.47. The molecule has 0 bridgehead atoms. The molecule has 31 heavy (non-hydrogen) atoms. The molecule has 162 valence electrons. The van der Waals surface area contributed by atoms with E-state index in [4.69, 9.17) is 0 Å². The second kappa shape index (κ2) is 8.85. The first kappa shape index (κ1) is 22.4. The summed E-state index contributed by atoms with van der Waals surface area (Å²) in [5.41, 5.74) is 2.26. The largest absolute Gasteiger partial charge is 0.337 e. The fourth-order valence-electron chi connectivity index (χ4n) is 3.09. The number of nitrogens with zero attached hydrogens (tertiary/aromatic N) is 1. The van der Waals surface area contributed by atoms with Crippen molar-refractivity contribution >= 4 is 21.6 Å². The zero-order chi connectivity index (χ0) is 22.8. The van der Waals surface area contributed by atoms with Gasteiger partial charge in [0.1, 0.15) is 11.6 Å². The molecule has 1 amide bonds. The number of nitrogens with one attached hydrogen (secondary N) is 1. The van der Waals surface area contributed by atoms with Gasteiger partial charge in [-0.25, -0.2) is 17.2 Å². The molecule has 3 rings (SSSR count). The second-order valence-corrected chi connectivity index (χ2v) is 9.00. The van der Waals surface area contributed by atoms with Crippen LogP contribution in [0.25, 0.3) is 0 Å². The second-order valence-electron chi connectivity index (χ2n) is 7.35. The van der Waals surface area contributed by atoms with Crippen molar-refractivity contribution in [1.29, 1.82) is 0 Å². The van der Waals surface area contributed by atoms with Crippen molar-refractivity contribution in [3.63, 3.8) is 0 Å². The van der Waals surface area contributed by atoms with Crippen molar-refractivity contribution < 1.29 is 22.0 Å². The van der Waals surface area contributed by atoms with E-state index < -0.39 is 21.7 Å². The summed E-state index contributed by atoms with van der Waals surface area (Å²) in [5.74, 6) is -1.79. The Labute approximate surface area is 180 Å². The lowest BCUT2D eigenvalue weighted by molar-refractivity contribution is 0.0784. The minimum absolute atomic E-state index is 0.0358. The fraction of sp³-hybridized carbons (Fsp3) is 0.174. The van der Waals surface area contributed by atoms with Crippen LogP contribution in [0.1, 0.15) is 27.0 Å². The van der Waals surface area contributed by atoms with Crippen molar-refractivity contribution in [1.82, 2.24) is 4.90 Å². The lowest BCUT2D eigenvalue weighted by Crippen LogP contribution is -2.26. The molecule has 0 fully saturated rings. The normalized spacial score (nSPS) is 11.3. The van der Waals surface area contributed by atoms with Crippen LogP contribution < -0.4 is 4.72 Å². The van der Waals surface area contributed by atoms with Crippen LogP contribution in [-0.2, 0) is 16.6 Å². The Morgan fingerprint density at radius 2 is 1.65 bits per heavy atom. The van der Waals surface area contributed by atoms with Crippen LogP contribution in [0.2, 0.25) is 0 Å². The van der Waals surface area contributed by atoms with E-state index in [0.717, 1.165) is 17.7 Å². The third kappa shape index (κ3) is 5.27. The lowest BCUT2D eigenvalue weighted by atomic mass is 10.1. The number of hydrogen-bond donors (Lipinski definition) is 1. The van der Waals surface area contributed by atoms with Gasteiger partial charge in [0, 0.05) is 36.5 Å². The third-order valence-electron chi connectivity index (χ3n) is 4.79. The molecule has 0 spiro atoms. The zero-order valence-corrected chi connectivity index (χ0v) is 18.1. The number of carbonyl (C=O) groups is 1. The van der Waals surface area contributed by atoms with Crippen molar-refractivity contribution in [3.05, 3.63) is 94.6 Å². The standard InChI is InChI=1S/C23H22F2N2O3S/c1-15-4-5-16(2)22(12-15)31(29,30)26-20-10-7-17(8-11-20)23(28)27(3)14-18-6-9-19(24)13-21(18)25/h4-13,26H,14H2,1-3H3. The Morgan fingerprint density at radius 3 is 2.29 bits per heavy atom. The van der Waals surface area contributed by atoms with Crippen LogP contribution in [0.4, 0.5) is 14.5 Å². The Bertz CT molecular complexity index is 1230. The maximum absolute atomic E-state index is 13.8. The van der Waals surface area contributed by atoms with Gasteiger partial charge in [-0.1, -0.05) is 18.2 Å². The van der Waals surface area contributed by atoms with Crippen molar-refractivity contribution in [2.24, 2.45) is 0 Å². The van der Waals surface area contributed by atoms with E-state index in [9.17, 15) is 22.0 Å². The highest BCUT2D eigenvalue weighted by Crippen LogP contribution is 2.21. The van der Waals surface area contributed by atoms with Gasteiger partial charge in [-0.15, -0.1) is 0 Å². The highest BCUT2D eigenvalue weighted by Gasteiger charge is 2.18. The summed E-state index contributed by atoms with van der Waals surface area (Å²) in [5, 5.41) is 0. The molecule has 8 heteroatoms. The highest BCUT2D eigenvalue weighted by molar-refractivity contribution is 7.92. The summed E-state index contributed by atoms with van der Waals surface area (Å²) in [6.45, 7) is 3.49. The Morgan fingerprint density at radius 1 is 0.968 bits per heavy atom. The van der Waals surface area contributed by atoms with E-state index in [2.05, 4.69) is 4.72 Å². The number of sulfonamides is 1. The summed E-state index contributed by atoms with van der Waals surface area (Å²) in [7, 11) is -2.28. The van der Waals surface area contributed by atoms with Crippen LogP contribution in [0, 0.1) is 25.5 Å². The van der Waals surface area contributed by atoms with Crippen LogP contribution in [0.15, 0.2) is 65.6 Å². The first-order chi connectivity index (χ1) is 14.6. The van der Waals surface area contributed by atoms with Gasteiger partial charge in [-0.3, -0.25) is 9.52 Å². The minimum Gasteiger partial charge on any atom is -0.337 e. The first-order valence-electron chi connectivity index (χ1n) is 9.46. The summed E-state index contributed by atoms with van der Waals surface area (Å²) < 4.78 is 54.8. The monoisotopic (exact) mass is 444 g/mol. The van der Waals surface area contributed by atoms with Gasteiger partial charge in [0.2, 0.25) is 0 Å². The predicted molar refractivity (Wildman–Crippen MR) is 115 cm³/mol. The van der Waals surface area contributed by atoms with Gasteiger partial charge in [0.05, 0.1) is 4.90 Å². The van der Waals surface area contributed by atoms with Crippen molar-refractivity contribution in [2.75, 3.05) is 11.8 Å². The molecule has 0 saturated heterocycles. The quantitative estimate of drug-likeness (QED) is 0.602. The molecule has 0 radical (unpaired) electrons. The molecule has 0 aliphatic carbocycles. The smallest absolute Gasteiger partial charge is 0.262 e. The number of hydrogen-bond acceptors (Lipinski definition) is 3. The van der Waals surface area contributed by atoms with E-state index in [0.29, 0.717) is 16.8 Å². The average molecular weight is 445 g/mol. The Hall–Kier alpha value is -3.26. The topological polar surface area (TPSA) is 66.5 Å². The van der Waals surface area contributed by atoms with Crippen LogP contribution in [0.3, 0.4) is 0 Å². The third-order valence-corrected chi connectivity index (χ3v) is 6.31. The lowest BCUT2D eigenvalue weighted by Gasteiger charge is -2.18. The molecule has 3 aromatic rings. The molecule has 1 N–H and O–H groups in total. The van der Waals surface area contributed by atoms with Gasteiger partial charge < -0.3 is 4.90 Å². The molecule has 0 aliphatic heterocycles. The van der Waals surface area contributed by atoms with E-state index in [1.807, 2.05) is 13.0 Å². The van der Waals surface area contributed by atoms with E-state index in [1.165, 1.54) is 42.3 Å². The minimum atomic E-state index is -3.78. The summed E-state index contributed by atoms with van der Waals surface area (Å²) in [4.78, 5) is 14.1. The summed E-state index contributed by atoms with van der Waals surface area (Å²) in [6, 6.07) is 14.3. The molecular weight excluding hydrogens is 422 g/mol. The van der Waals surface area contributed by atoms with Crippen LogP contribution in [0.5, 0.6) is 0 Å². The van der Waals surface area contributed by atoms with Gasteiger partial charge >= 0.3 is 0 Å². The molecule has 0 saturated carbocycles. The molecule has 0 atom stereocenters. The molecular formula is C23H22F2N2O3S. The number of halogens is 2. The summed E-state index contributed by atoms with van der Waals surface area (Å²) in [6.07, 6.45) is 0. The Balaban J connectivity index is 1.73. The van der Waals surface area contributed by atoms with Gasteiger partial charge in [0.25, 0.3) is 15.9 Å². The highest BCUT2D eigenvalue weighted by atomic mass is 32.2. The SMILES string of the molecule is Cc1ccc(C)c(S(=O)(=O)Nc2ccc(C(=O)N(C)Cc3ccc(F)cc3F)cc2)c1. The maximum Gasteiger partial charge on any atom is 0.262 e. The first-order valence-corrected chi connectivity index (χ1v) is 10.9.